The molecule has 1 atom stereocenters. The van der Waals surface area contributed by atoms with Crippen LogP contribution in [0.25, 0.3) is 0 Å². The fraction of sp³-hybridized carbons (Fsp3) is 0.500. The Balaban J connectivity index is 1.99. The second kappa shape index (κ2) is 4.62. The molecule has 3 nitrogen and oxygen atoms in total. The summed E-state index contributed by atoms with van der Waals surface area (Å²) in [6.07, 6.45) is 5.89. The molecule has 2 rings (SSSR count). The van der Waals surface area contributed by atoms with Crippen LogP contribution >= 0.6 is 11.6 Å². The van der Waals surface area contributed by atoms with Crippen molar-refractivity contribution in [3.63, 3.8) is 0 Å². The third-order valence-corrected chi connectivity index (χ3v) is 2.75. The number of nitrogens with zero attached hydrogens (tertiary/aromatic N) is 1. The third-order valence-electron chi connectivity index (χ3n) is 2.42. The van der Waals surface area contributed by atoms with Gasteiger partial charge in [0.15, 0.2) is 0 Å². The van der Waals surface area contributed by atoms with Gasteiger partial charge < -0.3 is 10.6 Å². The number of rotatable bonds is 2. The van der Waals surface area contributed by atoms with Crippen LogP contribution in [-0.2, 0) is 0 Å². The zero-order valence-electron chi connectivity index (χ0n) is 7.96. The molecule has 14 heavy (non-hydrogen) atoms. The normalized spacial score (nSPS) is 21.9. The van der Waals surface area contributed by atoms with E-state index in [0.29, 0.717) is 6.04 Å². The molecule has 1 aromatic rings. The lowest BCUT2D eigenvalue weighted by atomic mass is 10.1. The van der Waals surface area contributed by atoms with E-state index in [0.717, 1.165) is 23.8 Å². The lowest BCUT2D eigenvalue weighted by Gasteiger charge is -2.24. The molecule has 0 aliphatic carbocycles. The van der Waals surface area contributed by atoms with Crippen LogP contribution in [0.4, 0.5) is 5.69 Å². The van der Waals surface area contributed by atoms with Crippen LogP contribution in [0.3, 0.4) is 0 Å². The van der Waals surface area contributed by atoms with Gasteiger partial charge in [-0.15, -0.1) is 0 Å². The molecule has 1 aliphatic rings. The minimum Gasteiger partial charge on any atom is -0.379 e. The first-order valence-electron chi connectivity index (χ1n) is 4.93. The monoisotopic (exact) mass is 211 g/mol. The van der Waals surface area contributed by atoms with Crippen molar-refractivity contribution < 1.29 is 0 Å². The maximum absolute atomic E-state index is 6.02. The van der Waals surface area contributed by atoms with Crippen LogP contribution < -0.4 is 10.6 Å². The van der Waals surface area contributed by atoms with Crippen molar-refractivity contribution in [1.29, 1.82) is 0 Å². The van der Waals surface area contributed by atoms with Gasteiger partial charge in [0, 0.05) is 18.8 Å². The Morgan fingerprint density at radius 3 is 3.21 bits per heavy atom. The number of aromatic nitrogens is 1. The van der Waals surface area contributed by atoms with Gasteiger partial charge in [-0.05, 0) is 25.5 Å². The second-order valence-electron chi connectivity index (χ2n) is 3.54. The smallest absolute Gasteiger partial charge is 0.0718 e. The summed E-state index contributed by atoms with van der Waals surface area (Å²) in [6, 6.07) is 2.28. The number of halogens is 1. The van der Waals surface area contributed by atoms with Gasteiger partial charge in [-0.3, -0.25) is 4.98 Å². The van der Waals surface area contributed by atoms with Crippen LogP contribution in [0.5, 0.6) is 0 Å². The van der Waals surface area contributed by atoms with E-state index in [1.165, 1.54) is 12.8 Å². The van der Waals surface area contributed by atoms with E-state index in [1.807, 2.05) is 0 Å². The number of nitrogens with one attached hydrogen (secondary N) is 2. The standard InChI is InChI=1S/C10H14ClN3/c11-9-3-5-13-7-10(9)14-8-2-1-4-12-6-8/h3,5,7-8,12,14H,1-2,4,6H2. The predicted octanol–water partition coefficient (Wildman–Crippen LogP) is 1.90. The Kier molecular flexibility index (Phi) is 3.22. The summed E-state index contributed by atoms with van der Waals surface area (Å²) >= 11 is 6.02. The summed E-state index contributed by atoms with van der Waals surface area (Å²) in [5.74, 6) is 0. The van der Waals surface area contributed by atoms with Gasteiger partial charge in [0.1, 0.15) is 0 Å². The molecular formula is C10H14ClN3. The highest BCUT2D eigenvalue weighted by molar-refractivity contribution is 6.33. The van der Waals surface area contributed by atoms with Crippen molar-refractivity contribution in [2.75, 3.05) is 18.4 Å². The van der Waals surface area contributed by atoms with E-state index >= 15 is 0 Å². The Morgan fingerprint density at radius 1 is 1.57 bits per heavy atom. The molecule has 0 amide bonds. The molecule has 0 saturated carbocycles. The van der Waals surface area contributed by atoms with Crippen LogP contribution in [-0.4, -0.2) is 24.1 Å². The molecule has 0 spiro atoms. The lowest BCUT2D eigenvalue weighted by molar-refractivity contribution is 0.480. The highest BCUT2D eigenvalue weighted by Gasteiger charge is 2.13. The first-order chi connectivity index (χ1) is 6.86. The van der Waals surface area contributed by atoms with Crippen LogP contribution in [0, 0.1) is 0 Å². The van der Waals surface area contributed by atoms with Crippen molar-refractivity contribution in [3.05, 3.63) is 23.5 Å². The Bertz CT molecular complexity index is 297. The number of piperidine rings is 1. The van der Waals surface area contributed by atoms with Crippen LogP contribution in [0.1, 0.15) is 12.8 Å². The van der Waals surface area contributed by atoms with E-state index in [4.69, 9.17) is 11.6 Å². The summed E-state index contributed by atoms with van der Waals surface area (Å²) in [5, 5.41) is 7.48. The molecule has 1 unspecified atom stereocenters. The molecule has 1 aliphatic heterocycles. The summed E-state index contributed by atoms with van der Waals surface area (Å²) < 4.78 is 0. The molecule has 1 saturated heterocycles. The predicted molar refractivity (Wildman–Crippen MR) is 58.8 cm³/mol. The van der Waals surface area contributed by atoms with Gasteiger partial charge in [-0.2, -0.15) is 0 Å². The summed E-state index contributed by atoms with van der Waals surface area (Å²) in [4.78, 5) is 4.04. The minimum atomic E-state index is 0.477. The average molecular weight is 212 g/mol. The zero-order chi connectivity index (χ0) is 9.80. The maximum Gasteiger partial charge on any atom is 0.0718 e. The van der Waals surface area contributed by atoms with E-state index in [9.17, 15) is 0 Å². The van der Waals surface area contributed by atoms with Gasteiger partial charge in [-0.25, -0.2) is 0 Å². The van der Waals surface area contributed by atoms with Gasteiger partial charge >= 0.3 is 0 Å². The third kappa shape index (κ3) is 2.36. The number of anilines is 1. The first-order valence-corrected chi connectivity index (χ1v) is 5.31. The molecule has 0 aromatic carbocycles. The number of hydrogen-bond acceptors (Lipinski definition) is 3. The molecule has 4 heteroatoms. The zero-order valence-corrected chi connectivity index (χ0v) is 8.72. The topological polar surface area (TPSA) is 37.0 Å². The number of hydrogen-bond donors (Lipinski definition) is 2. The molecular weight excluding hydrogens is 198 g/mol. The van der Waals surface area contributed by atoms with Crippen molar-refractivity contribution in [2.45, 2.75) is 18.9 Å². The first kappa shape index (κ1) is 9.74. The van der Waals surface area contributed by atoms with Crippen molar-refractivity contribution in [3.8, 4) is 0 Å². The van der Waals surface area contributed by atoms with Crippen LogP contribution in [0.2, 0.25) is 5.02 Å². The van der Waals surface area contributed by atoms with E-state index in [2.05, 4.69) is 15.6 Å². The highest BCUT2D eigenvalue weighted by Crippen LogP contribution is 2.21. The van der Waals surface area contributed by atoms with E-state index < -0.39 is 0 Å². The van der Waals surface area contributed by atoms with Crippen molar-refractivity contribution in [1.82, 2.24) is 10.3 Å². The summed E-state index contributed by atoms with van der Waals surface area (Å²) in [7, 11) is 0. The van der Waals surface area contributed by atoms with Crippen molar-refractivity contribution in [2.24, 2.45) is 0 Å². The molecule has 1 fully saturated rings. The van der Waals surface area contributed by atoms with Crippen LogP contribution in [0.15, 0.2) is 18.5 Å². The molecule has 0 radical (unpaired) electrons. The lowest BCUT2D eigenvalue weighted by Crippen LogP contribution is -2.38. The quantitative estimate of drug-likeness (QED) is 0.785. The van der Waals surface area contributed by atoms with Gasteiger partial charge in [0.2, 0.25) is 0 Å². The largest absolute Gasteiger partial charge is 0.379 e. The molecule has 2 heterocycles. The van der Waals surface area contributed by atoms with E-state index in [-0.39, 0.29) is 0 Å². The minimum absolute atomic E-state index is 0.477. The highest BCUT2D eigenvalue weighted by atomic mass is 35.5. The Labute approximate surface area is 88.9 Å². The SMILES string of the molecule is Clc1ccncc1NC1CCCNC1. The maximum atomic E-state index is 6.02. The Hall–Kier alpha value is -0.800. The fourth-order valence-corrected chi connectivity index (χ4v) is 1.84. The van der Waals surface area contributed by atoms with Gasteiger partial charge in [-0.1, -0.05) is 11.6 Å². The fourth-order valence-electron chi connectivity index (χ4n) is 1.68. The molecule has 1 aromatic heterocycles. The number of pyridine rings is 1. The molecule has 76 valence electrons. The van der Waals surface area contributed by atoms with E-state index in [1.54, 1.807) is 18.5 Å². The second-order valence-corrected chi connectivity index (χ2v) is 3.95. The van der Waals surface area contributed by atoms with Gasteiger partial charge in [0.25, 0.3) is 0 Å². The van der Waals surface area contributed by atoms with Crippen molar-refractivity contribution >= 4 is 17.3 Å². The Morgan fingerprint density at radius 2 is 2.50 bits per heavy atom. The summed E-state index contributed by atoms with van der Waals surface area (Å²) in [5.41, 5.74) is 0.933. The molecule has 0 bridgehead atoms. The summed E-state index contributed by atoms with van der Waals surface area (Å²) in [6.45, 7) is 2.13. The van der Waals surface area contributed by atoms with Gasteiger partial charge in [0.05, 0.1) is 16.9 Å². The molecule has 2 N–H and O–H groups in total. The average Bonchev–Trinajstić information content (AvgIpc) is 2.23.